The number of hydrogen-bond acceptors (Lipinski definition) is 2. The second-order valence-electron chi connectivity index (χ2n) is 6.45. The zero-order valence-corrected chi connectivity index (χ0v) is 13.2. The van der Waals surface area contributed by atoms with Gasteiger partial charge in [0, 0.05) is 6.04 Å². The quantitative estimate of drug-likeness (QED) is 0.868. The molecule has 1 saturated heterocycles. The first-order valence-electron chi connectivity index (χ1n) is 8.11. The molecule has 1 N–H and O–H groups in total. The van der Waals surface area contributed by atoms with E-state index >= 15 is 0 Å². The van der Waals surface area contributed by atoms with E-state index in [1.807, 2.05) is 0 Å². The van der Waals surface area contributed by atoms with Gasteiger partial charge < -0.3 is 5.11 Å². The third kappa shape index (κ3) is 4.85. The lowest BCUT2D eigenvalue weighted by Gasteiger charge is -2.34. The Kier molecular flexibility index (Phi) is 5.80. The molecule has 1 unspecified atom stereocenters. The molecule has 0 saturated carbocycles. The number of rotatable bonds is 6. The standard InChI is InChI=1S/C18H27NO2/c1-14(2)16-8-6-15(7-9-16)12-17(13-18(20)21)19-10-4-3-5-11-19/h6-9,14,17H,3-5,10-13H2,1-2H3,(H,20,21). The topological polar surface area (TPSA) is 40.5 Å². The van der Waals surface area contributed by atoms with E-state index in [0.29, 0.717) is 5.92 Å². The molecule has 1 atom stereocenters. The van der Waals surface area contributed by atoms with Gasteiger partial charge in [-0.15, -0.1) is 0 Å². The van der Waals surface area contributed by atoms with E-state index in [1.54, 1.807) is 0 Å². The van der Waals surface area contributed by atoms with Gasteiger partial charge in [-0.1, -0.05) is 44.5 Å². The molecule has 0 aliphatic carbocycles. The Morgan fingerprint density at radius 3 is 2.29 bits per heavy atom. The fraction of sp³-hybridized carbons (Fsp3) is 0.611. The third-order valence-electron chi connectivity index (χ3n) is 4.44. The number of hydrogen-bond donors (Lipinski definition) is 1. The number of carbonyl (C=O) groups is 1. The number of nitrogens with zero attached hydrogens (tertiary/aromatic N) is 1. The van der Waals surface area contributed by atoms with Crippen LogP contribution < -0.4 is 0 Å². The van der Waals surface area contributed by atoms with Crippen LogP contribution in [0.3, 0.4) is 0 Å². The van der Waals surface area contributed by atoms with Crippen molar-refractivity contribution in [1.29, 1.82) is 0 Å². The summed E-state index contributed by atoms with van der Waals surface area (Å²) < 4.78 is 0. The smallest absolute Gasteiger partial charge is 0.304 e. The van der Waals surface area contributed by atoms with Crippen LogP contribution in [-0.4, -0.2) is 35.1 Å². The van der Waals surface area contributed by atoms with E-state index in [-0.39, 0.29) is 12.5 Å². The highest BCUT2D eigenvalue weighted by molar-refractivity contribution is 5.67. The molecule has 116 valence electrons. The normalized spacial score (nSPS) is 17.9. The molecule has 1 fully saturated rings. The lowest BCUT2D eigenvalue weighted by molar-refractivity contribution is -0.138. The summed E-state index contributed by atoms with van der Waals surface area (Å²) in [7, 11) is 0. The average Bonchev–Trinajstić information content (AvgIpc) is 2.47. The minimum absolute atomic E-state index is 0.132. The molecule has 3 nitrogen and oxygen atoms in total. The second kappa shape index (κ2) is 7.60. The Morgan fingerprint density at radius 1 is 1.14 bits per heavy atom. The van der Waals surface area contributed by atoms with Crippen molar-refractivity contribution in [1.82, 2.24) is 4.90 Å². The number of carboxylic acids is 1. The van der Waals surface area contributed by atoms with Gasteiger partial charge in [0.25, 0.3) is 0 Å². The molecule has 1 aliphatic rings. The molecule has 0 amide bonds. The van der Waals surface area contributed by atoms with Gasteiger partial charge in [-0.3, -0.25) is 9.69 Å². The summed E-state index contributed by atoms with van der Waals surface area (Å²) in [5.41, 5.74) is 2.59. The van der Waals surface area contributed by atoms with Gasteiger partial charge in [0.15, 0.2) is 0 Å². The molecular weight excluding hydrogens is 262 g/mol. The van der Waals surface area contributed by atoms with E-state index in [4.69, 9.17) is 0 Å². The molecule has 1 heterocycles. The van der Waals surface area contributed by atoms with E-state index in [2.05, 4.69) is 43.0 Å². The summed E-state index contributed by atoms with van der Waals surface area (Å²) in [6, 6.07) is 8.80. The van der Waals surface area contributed by atoms with Crippen molar-refractivity contribution in [3.05, 3.63) is 35.4 Å². The number of likely N-dealkylation sites (tertiary alicyclic amines) is 1. The summed E-state index contributed by atoms with van der Waals surface area (Å²) >= 11 is 0. The van der Waals surface area contributed by atoms with Gasteiger partial charge in [0.05, 0.1) is 6.42 Å². The Balaban J connectivity index is 2.04. The molecular formula is C18H27NO2. The second-order valence-corrected chi connectivity index (χ2v) is 6.45. The van der Waals surface area contributed by atoms with Crippen LogP contribution in [0, 0.1) is 0 Å². The molecule has 1 aromatic carbocycles. The minimum Gasteiger partial charge on any atom is -0.481 e. The van der Waals surface area contributed by atoms with Crippen LogP contribution in [0.25, 0.3) is 0 Å². The van der Waals surface area contributed by atoms with E-state index in [0.717, 1.165) is 19.5 Å². The van der Waals surface area contributed by atoms with Crippen LogP contribution in [0.15, 0.2) is 24.3 Å². The first kappa shape index (κ1) is 16.0. The van der Waals surface area contributed by atoms with Crippen LogP contribution in [0.5, 0.6) is 0 Å². The molecule has 0 radical (unpaired) electrons. The molecule has 1 aromatic rings. The SMILES string of the molecule is CC(C)c1ccc(CC(CC(=O)O)N2CCCCC2)cc1. The van der Waals surface area contributed by atoms with Crippen LogP contribution in [0.2, 0.25) is 0 Å². The summed E-state index contributed by atoms with van der Waals surface area (Å²) in [4.78, 5) is 13.5. The summed E-state index contributed by atoms with van der Waals surface area (Å²) in [5.74, 6) is -0.152. The van der Waals surface area contributed by atoms with E-state index in [9.17, 15) is 9.90 Å². The van der Waals surface area contributed by atoms with Crippen LogP contribution >= 0.6 is 0 Å². The van der Waals surface area contributed by atoms with Gasteiger partial charge in [0.2, 0.25) is 0 Å². The maximum atomic E-state index is 11.2. The highest BCUT2D eigenvalue weighted by atomic mass is 16.4. The summed E-state index contributed by atoms with van der Waals surface area (Å²) in [5, 5.41) is 9.18. The lowest BCUT2D eigenvalue weighted by Crippen LogP contribution is -2.41. The van der Waals surface area contributed by atoms with Crippen LogP contribution in [-0.2, 0) is 11.2 Å². The Morgan fingerprint density at radius 2 is 1.76 bits per heavy atom. The zero-order valence-electron chi connectivity index (χ0n) is 13.2. The zero-order chi connectivity index (χ0) is 15.2. The van der Waals surface area contributed by atoms with Crippen molar-refractivity contribution in [2.45, 2.75) is 57.9 Å². The number of carboxylic acid groups (broad SMARTS) is 1. The van der Waals surface area contributed by atoms with Crippen molar-refractivity contribution in [3.8, 4) is 0 Å². The van der Waals surface area contributed by atoms with Gasteiger partial charge in [-0.2, -0.15) is 0 Å². The van der Waals surface area contributed by atoms with Crippen molar-refractivity contribution in [2.24, 2.45) is 0 Å². The molecule has 0 aromatic heterocycles. The first-order chi connectivity index (χ1) is 10.1. The van der Waals surface area contributed by atoms with Gasteiger partial charge in [0.1, 0.15) is 0 Å². The van der Waals surface area contributed by atoms with Gasteiger partial charge >= 0.3 is 5.97 Å². The van der Waals surface area contributed by atoms with Crippen molar-refractivity contribution >= 4 is 5.97 Å². The molecule has 21 heavy (non-hydrogen) atoms. The van der Waals surface area contributed by atoms with E-state index in [1.165, 1.54) is 30.4 Å². The van der Waals surface area contributed by atoms with Crippen molar-refractivity contribution in [2.75, 3.05) is 13.1 Å². The summed E-state index contributed by atoms with van der Waals surface area (Å²) in [6.45, 7) is 6.47. The van der Waals surface area contributed by atoms with Crippen LogP contribution in [0.4, 0.5) is 0 Å². The number of benzene rings is 1. The monoisotopic (exact) mass is 289 g/mol. The molecule has 0 spiro atoms. The first-order valence-corrected chi connectivity index (χ1v) is 8.11. The molecule has 1 aliphatic heterocycles. The average molecular weight is 289 g/mol. The van der Waals surface area contributed by atoms with Gasteiger partial charge in [-0.25, -0.2) is 0 Å². The Bertz CT molecular complexity index is 447. The Labute approximate surface area is 128 Å². The highest BCUT2D eigenvalue weighted by Crippen LogP contribution is 2.20. The minimum atomic E-state index is -0.690. The fourth-order valence-electron chi connectivity index (χ4n) is 3.13. The lowest BCUT2D eigenvalue weighted by atomic mass is 9.96. The summed E-state index contributed by atoms with van der Waals surface area (Å²) in [6.07, 6.45) is 4.75. The highest BCUT2D eigenvalue weighted by Gasteiger charge is 2.23. The molecule has 3 heteroatoms. The molecule has 0 bridgehead atoms. The van der Waals surface area contributed by atoms with Gasteiger partial charge in [-0.05, 0) is 49.4 Å². The molecule has 2 rings (SSSR count). The Hall–Kier alpha value is -1.35. The van der Waals surface area contributed by atoms with Crippen LogP contribution in [0.1, 0.15) is 56.6 Å². The predicted molar refractivity (Wildman–Crippen MR) is 85.7 cm³/mol. The predicted octanol–water partition coefficient (Wildman–Crippen LogP) is 3.68. The largest absolute Gasteiger partial charge is 0.481 e. The third-order valence-corrected chi connectivity index (χ3v) is 4.44. The number of piperidine rings is 1. The number of aliphatic carboxylic acids is 1. The van der Waals surface area contributed by atoms with Crippen molar-refractivity contribution in [3.63, 3.8) is 0 Å². The maximum Gasteiger partial charge on any atom is 0.304 e. The van der Waals surface area contributed by atoms with Crippen molar-refractivity contribution < 1.29 is 9.90 Å². The fourth-order valence-corrected chi connectivity index (χ4v) is 3.13. The maximum absolute atomic E-state index is 11.2. The van der Waals surface area contributed by atoms with E-state index < -0.39 is 5.97 Å².